The lowest BCUT2D eigenvalue weighted by atomic mass is 9.95. The molecule has 0 fully saturated rings. The SMILES string of the molecule is COc1ccc([C@H]2C(C(=O)OC(C)C)=C(C)N=c3s/c(=C4/C(=O)Nc5ccccc54)c(=O)n32)cc1. The highest BCUT2D eigenvalue weighted by Gasteiger charge is 2.35. The molecule has 0 unspecified atom stereocenters. The third-order valence-corrected chi connectivity index (χ3v) is 6.94. The molecule has 0 radical (unpaired) electrons. The Morgan fingerprint density at radius 2 is 1.83 bits per heavy atom. The molecular formula is C26H23N3O5S. The van der Waals surface area contributed by atoms with Crippen LogP contribution in [0.3, 0.4) is 0 Å². The Balaban J connectivity index is 1.79. The number of allylic oxidation sites excluding steroid dienone is 1. The van der Waals surface area contributed by atoms with Gasteiger partial charge in [-0.3, -0.25) is 14.2 Å². The van der Waals surface area contributed by atoms with Gasteiger partial charge in [-0.15, -0.1) is 0 Å². The number of aromatic nitrogens is 1. The smallest absolute Gasteiger partial charge is 0.338 e. The number of carbonyl (C=O) groups is 2. The molecule has 0 aliphatic carbocycles. The second-order valence-electron chi connectivity index (χ2n) is 8.50. The molecular weight excluding hydrogens is 466 g/mol. The number of thiazole rings is 1. The van der Waals surface area contributed by atoms with Gasteiger partial charge in [-0.2, -0.15) is 0 Å². The third-order valence-electron chi connectivity index (χ3n) is 5.89. The van der Waals surface area contributed by atoms with Gasteiger partial charge in [-0.05, 0) is 44.5 Å². The number of nitrogens with zero attached hydrogens (tertiary/aromatic N) is 2. The molecule has 0 bridgehead atoms. The van der Waals surface area contributed by atoms with Gasteiger partial charge in [0, 0.05) is 11.3 Å². The Morgan fingerprint density at radius 3 is 2.51 bits per heavy atom. The second-order valence-corrected chi connectivity index (χ2v) is 9.48. The number of benzene rings is 2. The van der Waals surface area contributed by atoms with E-state index < -0.39 is 17.6 Å². The van der Waals surface area contributed by atoms with E-state index in [9.17, 15) is 14.4 Å². The predicted molar refractivity (Wildman–Crippen MR) is 132 cm³/mol. The minimum Gasteiger partial charge on any atom is -0.497 e. The summed E-state index contributed by atoms with van der Waals surface area (Å²) in [5.41, 5.74) is 2.68. The molecule has 35 heavy (non-hydrogen) atoms. The first kappa shape index (κ1) is 22.8. The number of ether oxygens (including phenoxy) is 2. The molecule has 2 aliphatic heterocycles. The summed E-state index contributed by atoms with van der Waals surface area (Å²) in [6.45, 7) is 5.26. The van der Waals surface area contributed by atoms with E-state index in [0.717, 1.165) is 11.3 Å². The van der Waals surface area contributed by atoms with Crippen molar-refractivity contribution in [1.82, 2.24) is 4.57 Å². The van der Waals surface area contributed by atoms with E-state index in [1.54, 1.807) is 52.1 Å². The summed E-state index contributed by atoms with van der Waals surface area (Å²) >= 11 is 1.14. The van der Waals surface area contributed by atoms with Crippen LogP contribution in [0.2, 0.25) is 0 Å². The molecule has 5 rings (SSSR count). The topological polar surface area (TPSA) is 99.0 Å². The molecule has 178 valence electrons. The van der Waals surface area contributed by atoms with Crippen molar-refractivity contribution in [3.8, 4) is 5.75 Å². The summed E-state index contributed by atoms with van der Waals surface area (Å²) < 4.78 is 12.6. The molecule has 1 atom stereocenters. The summed E-state index contributed by atoms with van der Waals surface area (Å²) in [5.74, 6) is -0.230. The number of nitrogens with one attached hydrogen (secondary N) is 1. The molecule has 3 aromatic rings. The van der Waals surface area contributed by atoms with Gasteiger partial charge < -0.3 is 14.8 Å². The van der Waals surface area contributed by atoms with Crippen LogP contribution in [-0.4, -0.2) is 29.7 Å². The Bertz CT molecular complexity index is 1580. The normalized spacial score (nSPS) is 18.1. The fourth-order valence-corrected chi connectivity index (χ4v) is 5.50. The lowest BCUT2D eigenvalue weighted by Crippen LogP contribution is -2.40. The molecule has 2 aliphatic rings. The van der Waals surface area contributed by atoms with Gasteiger partial charge in [0.05, 0.1) is 36.1 Å². The molecule has 9 heteroatoms. The van der Waals surface area contributed by atoms with Crippen LogP contribution in [0.1, 0.15) is 37.9 Å². The zero-order valence-electron chi connectivity index (χ0n) is 19.6. The minimum absolute atomic E-state index is 0.274. The lowest BCUT2D eigenvalue weighted by molar-refractivity contribution is -0.143. The van der Waals surface area contributed by atoms with Crippen LogP contribution in [0.15, 0.2) is 69.6 Å². The minimum atomic E-state index is -0.766. The van der Waals surface area contributed by atoms with E-state index in [4.69, 9.17) is 9.47 Å². The number of carbonyl (C=O) groups excluding carboxylic acids is 2. The molecule has 1 aromatic heterocycles. The van der Waals surface area contributed by atoms with Crippen molar-refractivity contribution in [2.75, 3.05) is 12.4 Å². The van der Waals surface area contributed by atoms with Crippen LogP contribution in [0.25, 0.3) is 5.57 Å². The van der Waals surface area contributed by atoms with Gasteiger partial charge >= 0.3 is 5.97 Å². The van der Waals surface area contributed by atoms with E-state index >= 15 is 0 Å². The van der Waals surface area contributed by atoms with Crippen molar-refractivity contribution in [1.29, 1.82) is 0 Å². The monoisotopic (exact) mass is 489 g/mol. The maximum absolute atomic E-state index is 13.9. The van der Waals surface area contributed by atoms with Crippen molar-refractivity contribution in [2.45, 2.75) is 32.9 Å². The van der Waals surface area contributed by atoms with Crippen LogP contribution < -0.4 is 24.9 Å². The van der Waals surface area contributed by atoms with Gasteiger partial charge in [-0.25, -0.2) is 9.79 Å². The maximum atomic E-state index is 13.9. The molecule has 8 nitrogen and oxygen atoms in total. The maximum Gasteiger partial charge on any atom is 0.338 e. The zero-order chi connectivity index (χ0) is 24.9. The van der Waals surface area contributed by atoms with E-state index in [1.165, 1.54) is 4.57 Å². The van der Waals surface area contributed by atoms with Gasteiger partial charge in [0.25, 0.3) is 11.5 Å². The highest BCUT2D eigenvalue weighted by molar-refractivity contribution is 7.07. The van der Waals surface area contributed by atoms with Crippen molar-refractivity contribution < 1.29 is 19.1 Å². The molecule has 2 aromatic carbocycles. The fourth-order valence-electron chi connectivity index (χ4n) is 4.35. The first-order chi connectivity index (χ1) is 16.8. The van der Waals surface area contributed by atoms with Gasteiger partial charge in [0.15, 0.2) is 4.80 Å². The van der Waals surface area contributed by atoms with Gasteiger partial charge in [0.2, 0.25) is 0 Å². The summed E-state index contributed by atoms with van der Waals surface area (Å²) in [6, 6.07) is 13.6. The largest absolute Gasteiger partial charge is 0.497 e. The Labute approximate surface area is 204 Å². The van der Waals surface area contributed by atoms with Crippen LogP contribution >= 0.6 is 11.3 Å². The second kappa shape index (κ2) is 8.66. The highest BCUT2D eigenvalue weighted by Crippen LogP contribution is 2.33. The van der Waals surface area contributed by atoms with E-state index in [0.29, 0.717) is 38.6 Å². The number of amides is 1. The quantitative estimate of drug-likeness (QED) is 0.568. The number of fused-ring (bicyclic) bond motifs is 2. The number of hydrogen-bond donors (Lipinski definition) is 1. The zero-order valence-corrected chi connectivity index (χ0v) is 20.4. The molecule has 1 amide bonds. The van der Waals surface area contributed by atoms with Gasteiger partial charge in [-0.1, -0.05) is 41.7 Å². The Kier molecular flexibility index (Phi) is 5.64. The van der Waals surface area contributed by atoms with Crippen molar-refractivity contribution >= 4 is 34.5 Å². The number of anilines is 1. The van der Waals surface area contributed by atoms with Crippen molar-refractivity contribution in [3.63, 3.8) is 0 Å². The first-order valence-corrected chi connectivity index (χ1v) is 11.9. The van der Waals surface area contributed by atoms with Crippen LogP contribution in [-0.2, 0) is 14.3 Å². The summed E-state index contributed by atoms with van der Waals surface area (Å²) in [6.07, 6.45) is -0.343. The van der Waals surface area contributed by atoms with E-state index in [2.05, 4.69) is 10.3 Å². The molecule has 0 spiro atoms. The van der Waals surface area contributed by atoms with Crippen molar-refractivity contribution in [2.24, 2.45) is 4.99 Å². The number of para-hydroxylation sites is 1. The summed E-state index contributed by atoms with van der Waals surface area (Å²) in [5, 5.41) is 2.82. The standard InChI is InChI=1S/C26H23N3O5S/c1-13(2)34-25(32)19-14(3)27-26-29(21(19)15-9-11-16(33-4)12-10-15)24(31)22(35-26)20-17-7-5-6-8-18(17)28-23(20)30/h5-13,21H,1-4H3,(H,28,30)/b22-20+/t21-/m0/s1. The number of esters is 1. The highest BCUT2D eigenvalue weighted by atomic mass is 32.1. The predicted octanol–water partition coefficient (Wildman–Crippen LogP) is 2.52. The first-order valence-electron chi connectivity index (χ1n) is 11.1. The number of hydrogen-bond acceptors (Lipinski definition) is 7. The van der Waals surface area contributed by atoms with Crippen molar-refractivity contribution in [3.05, 3.63) is 90.6 Å². The lowest BCUT2D eigenvalue weighted by Gasteiger charge is -2.25. The summed E-state index contributed by atoms with van der Waals surface area (Å²) in [4.78, 5) is 44.9. The average molecular weight is 490 g/mol. The number of rotatable bonds is 4. The molecule has 3 heterocycles. The summed E-state index contributed by atoms with van der Waals surface area (Å²) in [7, 11) is 1.57. The molecule has 0 saturated carbocycles. The number of methoxy groups -OCH3 is 1. The fraction of sp³-hybridized carbons (Fsp3) is 0.231. The third kappa shape index (κ3) is 3.77. The van der Waals surface area contributed by atoms with Crippen LogP contribution in [0.5, 0.6) is 5.75 Å². The molecule has 1 N–H and O–H groups in total. The van der Waals surface area contributed by atoms with Crippen LogP contribution in [0.4, 0.5) is 5.69 Å². The van der Waals surface area contributed by atoms with E-state index in [1.807, 2.05) is 24.3 Å². The molecule has 0 saturated heterocycles. The Morgan fingerprint density at radius 1 is 1.11 bits per heavy atom. The Hall–Kier alpha value is -3.98. The average Bonchev–Trinajstić information content (AvgIpc) is 3.32. The van der Waals surface area contributed by atoms with E-state index in [-0.39, 0.29) is 22.1 Å². The van der Waals surface area contributed by atoms with Gasteiger partial charge in [0.1, 0.15) is 10.3 Å². The van der Waals surface area contributed by atoms with Crippen LogP contribution in [0, 0.1) is 0 Å².